The number of benzene rings is 2. The molecule has 5 heteroatoms. The standard InChI is InChI=1S/C20H22N2O3/c1-14(23)21-17-6-4-5-15(13-17)20(24)22-16-9-11-19(12-10-16)25-18-7-2-3-8-18/h4-6,9-13,18H,2-3,7-8H2,1H3,(H,21,23)(H,22,24). The van der Waals surface area contributed by atoms with Gasteiger partial charge in [-0.1, -0.05) is 6.07 Å². The highest BCUT2D eigenvalue weighted by Crippen LogP contribution is 2.25. The van der Waals surface area contributed by atoms with Crippen molar-refractivity contribution >= 4 is 23.2 Å². The molecule has 0 bridgehead atoms. The molecule has 0 unspecified atom stereocenters. The highest BCUT2D eigenvalue weighted by Gasteiger charge is 2.16. The Kier molecular flexibility index (Phi) is 5.33. The maximum Gasteiger partial charge on any atom is 0.255 e. The van der Waals surface area contributed by atoms with Gasteiger partial charge in [0.1, 0.15) is 5.75 Å². The lowest BCUT2D eigenvalue weighted by atomic mass is 10.2. The lowest BCUT2D eigenvalue weighted by Crippen LogP contribution is -2.13. The average molecular weight is 338 g/mol. The second-order valence-electron chi connectivity index (χ2n) is 6.26. The summed E-state index contributed by atoms with van der Waals surface area (Å²) in [4.78, 5) is 23.5. The van der Waals surface area contributed by atoms with Crippen molar-refractivity contribution in [2.75, 3.05) is 10.6 Å². The van der Waals surface area contributed by atoms with Gasteiger partial charge in [0.15, 0.2) is 0 Å². The summed E-state index contributed by atoms with van der Waals surface area (Å²) in [6, 6.07) is 14.3. The third-order valence-electron chi connectivity index (χ3n) is 4.16. The van der Waals surface area contributed by atoms with Crippen LogP contribution in [0, 0.1) is 0 Å². The first kappa shape index (κ1) is 17.0. The second kappa shape index (κ2) is 7.83. The molecule has 5 nitrogen and oxygen atoms in total. The minimum absolute atomic E-state index is 0.171. The third-order valence-corrected chi connectivity index (χ3v) is 4.16. The number of rotatable bonds is 5. The van der Waals surface area contributed by atoms with Crippen molar-refractivity contribution in [1.29, 1.82) is 0 Å². The predicted molar refractivity (Wildman–Crippen MR) is 98.0 cm³/mol. The quantitative estimate of drug-likeness (QED) is 0.858. The van der Waals surface area contributed by atoms with Crippen LogP contribution in [0.4, 0.5) is 11.4 Å². The van der Waals surface area contributed by atoms with Gasteiger partial charge in [-0.15, -0.1) is 0 Å². The maximum atomic E-state index is 12.4. The molecule has 25 heavy (non-hydrogen) atoms. The monoisotopic (exact) mass is 338 g/mol. The number of nitrogens with one attached hydrogen (secondary N) is 2. The van der Waals surface area contributed by atoms with E-state index in [1.54, 1.807) is 24.3 Å². The first-order chi connectivity index (χ1) is 12.1. The molecule has 0 atom stereocenters. The van der Waals surface area contributed by atoms with E-state index in [0.717, 1.165) is 18.6 Å². The van der Waals surface area contributed by atoms with Gasteiger partial charge in [0.05, 0.1) is 6.10 Å². The fourth-order valence-electron chi connectivity index (χ4n) is 2.96. The molecule has 0 radical (unpaired) electrons. The lowest BCUT2D eigenvalue weighted by Gasteiger charge is -2.13. The molecule has 0 saturated heterocycles. The summed E-state index contributed by atoms with van der Waals surface area (Å²) < 4.78 is 5.92. The van der Waals surface area contributed by atoms with Crippen LogP contribution in [0.1, 0.15) is 43.0 Å². The molecule has 2 aromatic rings. The van der Waals surface area contributed by atoms with Crippen LogP contribution in [0.25, 0.3) is 0 Å². The Bertz CT molecular complexity index is 750. The summed E-state index contributed by atoms with van der Waals surface area (Å²) >= 11 is 0. The summed E-state index contributed by atoms with van der Waals surface area (Å²) in [5.41, 5.74) is 1.78. The number of carbonyl (C=O) groups excluding carboxylic acids is 2. The summed E-state index contributed by atoms with van der Waals surface area (Å²) in [6.45, 7) is 1.43. The molecule has 130 valence electrons. The van der Waals surface area contributed by atoms with E-state index < -0.39 is 0 Å². The van der Waals surface area contributed by atoms with Gasteiger partial charge in [0.2, 0.25) is 5.91 Å². The molecule has 0 heterocycles. The van der Waals surface area contributed by atoms with E-state index in [1.165, 1.54) is 19.8 Å². The first-order valence-electron chi connectivity index (χ1n) is 8.56. The molecule has 2 amide bonds. The van der Waals surface area contributed by atoms with Crippen LogP contribution in [-0.4, -0.2) is 17.9 Å². The zero-order chi connectivity index (χ0) is 17.6. The van der Waals surface area contributed by atoms with Crippen molar-refractivity contribution in [3.8, 4) is 5.75 Å². The molecule has 1 aliphatic carbocycles. The van der Waals surface area contributed by atoms with Gasteiger partial charge in [-0.05, 0) is 68.1 Å². The number of carbonyl (C=O) groups is 2. The van der Waals surface area contributed by atoms with Crippen molar-refractivity contribution in [3.63, 3.8) is 0 Å². The zero-order valence-electron chi connectivity index (χ0n) is 14.2. The largest absolute Gasteiger partial charge is 0.490 e. The molecule has 3 rings (SSSR count). The predicted octanol–water partition coefficient (Wildman–Crippen LogP) is 4.22. The molecule has 0 aromatic heterocycles. The minimum Gasteiger partial charge on any atom is -0.490 e. The van der Waals surface area contributed by atoms with Crippen LogP contribution < -0.4 is 15.4 Å². The Morgan fingerprint density at radius 3 is 2.36 bits per heavy atom. The van der Waals surface area contributed by atoms with Crippen molar-refractivity contribution in [1.82, 2.24) is 0 Å². The van der Waals surface area contributed by atoms with E-state index in [-0.39, 0.29) is 11.8 Å². The highest BCUT2D eigenvalue weighted by atomic mass is 16.5. The van der Waals surface area contributed by atoms with Gasteiger partial charge in [-0.3, -0.25) is 9.59 Å². The SMILES string of the molecule is CC(=O)Nc1cccc(C(=O)Nc2ccc(OC3CCCC3)cc2)c1. The zero-order valence-corrected chi connectivity index (χ0v) is 14.2. The molecule has 2 aromatic carbocycles. The summed E-state index contributed by atoms with van der Waals surface area (Å²) in [5.74, 6) is 0.435. The van der Waals surface area contributed by atoms with Gasteiger partial charge in [0.25, 0.3) is 5.91 Å². The Labute approximate surface area is 147 Å². The van der Waals surface area contributed by atoms with E-state index in [9.17, 15) is 9.59 Å². The number of ether oxygens (including phenoxy) is 1. The van der Waals surface area contributed by atoms with E-state index in [4.69, 9.17) is 4.74 Å². The number of amides is 2. The van der Waals surface area contributed by atoms with E-state index in [2.05, 4.69) is 10.6 Å². The smallest absolute Gasteiger partial charge is 0.255 e. The third kappa shape index (κ3) is 4.83. The van der Waals surface area contributed by atoms with Crippen LogP contribution in [-0.2, 0) is 4.79 Å². The van der Waals surface area contributed by atoms with E-state index >= 15 is 0 Å². The van der Waals surface area contributed by atoms with Crippen molar-refractivity contribution in [2.24, 2.45) is 0 Å². The van der Waals surface area contributed by atoms with Gasteiger partial charge in [0, 0.05) is 23.9 Å². The van der Waals surface area contributed by atoms with Crippen molar-refractivity contribution in [3.05, 3.63) is 54.1 Å². The number of hydrogen-bond acceptors (Lipinski definition) is 3. The Morgan fingerprint density at radius 2 is 1.68 bits per heavy atom. The summed E-state index contributed by atoms with van der Waals surface area (Å²) in [7, 11) is 0. The van der Waals surface area contributed by atoms with Crippen LogP contribution >= 0.6 is 0 Å². The van der Waals surface area contributed by atoms with Gasteiger partial charge < -0.3 is 15.4 Å². The molecule has 0 spiro atoms. The van der Waals surface area contributed by atoms with E-state index in [0.29, 0.717) is 23.0 Å². The van der Waals surface area contributed by atoms with Crippen LogP contribution in [0.5, 0.6) is 5.75 Å². The van der Waals surface area contributed by atoms with Crippen molar-refractivity contribution < 1.29 is 14.3 Å². The van der Waals surface area contributed by atoms with Crippen LogP contribution in [0.2, 0.25) is 0 Å². The fraction of sp³-hybridized carbons (Fsp3) is 0.300. The summed E-state index contributed by atoms with van der Waals surface area (Å²) in [5, 5.41) is 5.52. The number of hydrogen-bond donors (Lipinski definition) is 2. The topological polar surface area (TPSA) is 67.4 Å². The summed E-state index contributed by atoms with van der Waals surface area (Å²) in [6.07, 6.45) is 5.01. The molecular formula is C20H22N2O3. The fourth-order valence-corrected chi connectivity index (χ4v) is 2.96. The molecule has 1 fully saturated rings. The lowest BCUT2D eigenvalue weighted by molar-refractivity contribution is -0.114. The molecule has 1 saturated carbocycles. The van der Waals surface area contributed by atoms with Crippen molar-refractivity contribution in [2.45, 2.75) is 38.7 Å². The van der Waals surface area contributed by atoms with Gasteiger partial charge in [-0.25, -0.2) is 0 Å². The Hall–Kier alpha value is -2.82. The Balaban J connectivity index is 1.61. The average Bonchev–Trinajstić information content (AvgIpc) is 3.09. The molecule has 2 N–H and O–H groups in total. The maximum absolute atomic E-state index is 12.4. The highest BCUT2D eigenvalue weighted by molar-refractivity contribution is 6.05. The Morgan fingerprint density at radius 1 is 0.960 bits per heavy atom. The molecule has 1 aliphatic rings. The molecule has 0 aliphatic heterocycles. The normalized spacial score (nSPS) is 14.1. The van der Waals surface area contributed by atoms with Crippen LogP contribution in [0.15, 0.2) is 48.5 Å². The number of anilines is 2. The van der Waals surface area contributed by atoms with Gasteiger partial charge in [-0.2, -0.15) is 0 Å². The molecular weight excluding hydrogens is 316 g/mol. The second-order valence-corrected chi connectivity index (χ2v) is 6.26. The van der Waals surface area contributed by atoms with E-state index in [1.807, 2.05) is 24.3 Å². The van der Waals surface area contributed by atoms with Gasteiger partial charge >= 0.3 is 0 Å². The first-order valence-corrected chi connectivity index (χ1v) is 8.56. The van der Waals surface area contributed by atoms with Crippen LogP contribution in [0.3, 0.4) is 0 Å². The minimum atomic E-state index is -0.225.